The smallest absolute Gasteiger partial charge is 0.164 e. The zero-order valence-corrected chi connectivity index (χ0v) is 19.6. The quantitative estimate of drug-likeness (QED) is 0.492. The van der Waals surface area contributed by atoms with Crippen LogP contribution < -0.4 is 15.3 Å². The van der Waals surface area contributed by atoms with Crippen LogP contribution in [0.25, 0.3) is 0 Å². The van der Waals surface area contributed by atoms with Crippen molar-refractivity contribution in [2.75, 3.05) is 46.9 Å². The SMILES string of the molecule is COc1ccc(C2=NN(CCN3CCCCC3)/C(=N\N)CN2Cc2ccccc2)cc1OC. The highest BCUT2D eigenvalue weighted by molar-refractivity contribution is 6.04. The van der Waals surface area contributed by atoms with Crippen molar-refractivity contribution < 1.29 is 9.47 Å². The molecule has 2 aliphatic heterocycles. The van der Waals surface area contributed by atoms with Gasteiger partial charge in [-0.25, -0.2) is 5.01 Å². The minimum absolute atomic E-state index is 0.582. The van der Waals surface area contributed by atoms with E-state index in [4.69, 9.17) is 20.4 Å². The molecule has 8 heteroatoms. The molecule has 0 spiro atoms. The molecule has 0 bridgehead atoms. The lowest BCUT2D eigenvalue weighted by molar-refractivity contribution is 0.207. The summed E-state index contributed by atoms with van der Waals surface area (Å²) in [5, 5.41) is 11.1. The van der Waals surface area contributed by atoms with Crippen molar-refractivity contribution in [1.82, 2.24) is 14.8 Å². The van der Waals surface area contributed by atoms with Gasteiger partial charge in [0.05, 0.1) is 27.3 Å². The summed E-state index contributed by atoms with van der Waals surface area (Å²) in [6.45, 7) is 5.28. The number of nitrogens with zero attached hydrogens (tertiary/aromatic N) is 5. The van der Waals surface area contributed by atoms with E-state index in [0.29, 0.717) is 24.6 Å². The molecule has 1 fully saturated rings. The second-order valence-corrected chi connectivity index (χ2v) is 8.41. The van der Waals surface area contributed by atoms with Crippen LogP contribution in [0.2, 0.25) is 0 Å². The third kappa shape index (κ3) is 5.57. The standard InChI is InChI=1S/C25H34N6O2/c1-32-22-12-11-21(17-23(22)33-2)25-28-31(16-15-29-13-7-4-8-14-29)24(27-26)19-30(25)18-20-9-5-3-6-10-20/h3,5-6,9-12,17H,4,7-8,13-16,18-19,26H2,1-2H3/b27-24-. The van der Waals surface area contributed by atoms with Crippen molar-refractivity contribution in [1.29, 1.82) is 0 Å². The van der Waals surface area contributed by atoms with Gasteiger partial charge in [-0.15, -0.1) is 0 Å². The predicted molar refractivity (Wildman–Crippen MR) is 132 cm³/mol. The summed E-state index contributed by atoms with van der Waals surface area (Å²) >= 11 is 0. The van der Waals surface area contributed by atoms with Crippen molar-refractivity contribution in [3.63, 3.8) is 0 Å². The summed E-state index contributed by atoms with van der Waals surface area (Å²) in [7, 11) is 3.29. The molecular formula is C25H34N6O2. The van der Waals surface area contributed by atoms with Crippen LogP contribution in [0.1, 0.15) is 30.4 Å². The van der Waals surface area contributed by atoms with Crippen molar-refractivity contribution in [3.05, 3.63) is 59.7 Å². The zero-order chi connectivity index (χ0) is 23.0. The molecule has 2 aromatic carbocycles. The molecule has 8 nitrogen and oxygen atoms in total. The highest BCUT2D eigenvalue weighted by Gasteiger charge is 2.27. The van der Waals surface area contributed by atoms with Crippen LogP contribution in [-0.4, -0.2) is 73.4 Å². The molecule has 2 aromatic rings. The fourth-order valence-electron chi connectivity index (χ4n) is 4.42. The van der Waals surface area contributed by atoms with Gasteiger partial charge in [-0.1, -0.05) is 36.8 Å². The van der Waals surface area contributed by atoms with Crippen LogP contribution in [0.3, 0.4) is 0 Å². The summed E-state index contributed by atoms with van der Waals surface area (Å²) < 4.78 is 11.0. The maximum absolute atomic E-state index is 5.83. The lowest BCUT2D eigenvalue weighted by atomic mass is 10.1. The summed E-state index contributed by atoms with van der Waals surface area (Å²) in [5.74, 6) is 8.83. The minimum atomic E-state index is 0.582. The topological polar surface area (TPSA) is 78.9 Å². The normalized spacial score (nSPS) is 18.4. The second-order valence-electron chi connectivity index (χ2n) is 8.41. The molecule has 0 amide bonds. The third-order valence-corrected chi connectivity index (χ3v) is 6.23. The van der Waals surface area contributed by atoms with Crippen LogP contribution in [0.4, 0.5) is 0 Å². The number of amidine groups is 2. The number of nitrogens with two attached hydrogens (primary N) is 1. The first kappa shape index (κ1) is 22.9. The lowest BCUT2D eigenvalue weighted by Gasteiger charge is -2.37. The highest BCUT2D eigenvalue weighted by atomic mass is 16.5. The van der Waals surface area contributed by atoms with Crippen LogP contribution in [-0.2, 0) is 6.54 Å². The number of hydrazone groups is 2. The van der Waals surface area contributed by atoms with Crippen LogP contribution >= 0.6 is 0 Å². The van der Waals surface area contributed by atoms with Gasteiger partial charge in [0.15, 0.2) is 23.2 Å². The predicted octanol–water partition coefficient (Wildman–Crippen LogP) is 2.94. The monoisotopic (exact) mass is 450 g/mol. The van der Waals surface area contributed by atoms with E-state index < -0.39 is 0 Å². The minimum Gasteiger partial charge on any atom is -0.493 e. The summed E-state index contributed by atoms with van der Waals surface area (Å²) in [5.41, 5.74) is 2.16. The summed E-state index contributed by atoms with van der Waals surface area (Å²) in [4.78, 5) is 4.71. The van der Waals surface area contributed by atoms with Gasteiger partial charge >= 0.3 is 0 Å². The molecule has 176 valence electrons. The third-order valence-electron chi connectivity index (χ3n) is 6.23. The Balaban J connectivity index is 1.64. The Hall–Kier alpha value is -3.26. The van der Waals surface area contributed by atoms with Gasteiger partial charge in [-0.3, -0.25) is 0 Å². The first-order valence-corrected chi connectivity index (χ1v) is 11.6. The molecule has 0 radical (unpaired) electrons. The van der Waals surface area contributed by atoms with Crippen molar-refractivity contribution in [2.24, 2.45) is 16.0 Å². The molecule has 0 aliphatic carbocycles. The van der Waals surface area contributed by atoms with E-state index in [1.165, 1.54) is 24.8 Å². The van der Waals surface area contributed by atoms with E-state index >= 15 is 0 Å². The molecule has 0 unspecified atom stereocenters. The Morgan fingerprint density at radius 3 is 2.39 bits per heavy atom. The molecule has 0 aromatic heterocycles. The van der Waals surface area contributed by atoms with Crippen LogP contribution in [0.5, 0.6) is 11.5 Å². The maximum atomic E-state index is 5.83. The number of methoxy groups -OCH3 is 2. The maximum Gasteiger partial charge on any atom is 0.164 e. The van der Waals surface area contributed by atoms with Crippen LogP contribution in [0.15, 0.2) is 58.7 Å². The van der Waals surface area contributed by atoms with E-state index in [1.807, 2.05) is 29.3 Å². The average molecular weight is 451 g/mol. The molecule has 2 aliphatic rings. The van der Waals surface area contributed by atoms with Gasteiger partial charge in [0.25, 0.3) is 0 Å². The molecular weight excluding hydrogens is 416 g/mol. The molecule has 33 heavy (non-hydrogen) atoms. The van der Waals surface area contributed by atoms with E-state index in [9.17, 15) is 0 Å². The first-order valence-electron chi connectivity index (χ1n) is 11.6. The number of hydrogen-bond acceptors (Lipinski definition) is 7. The lowest BCUT2D eigenvalue weighted by Crippen LogP contribution is -2.49. The summed E-state index contributed by atoms with van der Waals surface area (Å²) in [6, 6.07) is 16.3. The average Bonchev–Trinajstić information content (AvgIpc) is 2.88. The van der Waals surface area contributed by atoms with Gasteiger partial charge in [0.2, 0.25) is 0 Å². The Labute approximate surface area is 196 Å². The number of rotatable bonds is 8. The van der Waals surface area contributed by atoms with E-state index in [1.54, 1.807) is 14.2 Å². The Morgan fingerprint density at radius 2 is 1.70 bits per heavy atom. The van der Waals surface area contributed by atoms with Crippen molar-refractivity contribution >= 4 is 11.7 Å². The molecule has 0 saturated carbocycles. The van der Waals surface area contributed by atoms with Crippen molar-refractivity contribution in [2.45, 2.75) is 25.8 Å². The van der Waals surface area contributed by atoms with Gasteiger partial charge in [-0.05, 0) is 49.7 Å². The van der Waals surface area contributed by atoms with Gasteiger partial charge in [0, 0.05) is 18.7 Å². The Morgan fingerprint density at radius 1 is 0.939 bits per heavy atom. The van der Waals surface area contributed by atoms with Crippen LogP contribution in [0, 0.1) is 0 Å². The number of piperidine rings is 1. The highest BCUT2D eigenvalue weighted by Crippen LogP contribution is 2.29. The molecule has 2 heterocycles. The molecule has 4 rings (SSSR count). The van der Waals surface area contributed by atoms with Gasteiger partial charge in [0.1, 0.15) is 0 Å². The zero-order valence-electron chi connectivity index (χ0n) is 19.6. The number of likely N-dealkylation sites (tertiary alicyclic amines) is 1. The van der Waals surface area contributed by atoms with E-state index in [0.717, 1.165) is 43.4 Å². The fourth-order valence-corrected chi connectivity index (χ4v) is 4.42. The largest absolute Gasteiger partial charge is 0.493 e. The van der Waals surface area contributed by atoms with Gasteiger partial charge in [-0.2, -0.15) is 10.2 Å². The second kappa shape index (κ2) is 11.0. The van der Waals surface area contributed by atoms with E-state index in [-0.39, 0.29) is 0 Å². The molecule has 1 saturated heterocycles. The molecule has 0 atom stereocenters. The number of ether oxygens (including phenoxy) is 2. The Bertz CT molecular complexity index is 972. The number of hydrogen-bond donors (Lipinski definition) is 1. The van der Waals surface area contributed by atoms with E-state index in [2.05, 4.69) is 39.2 Å². The first-order chi connectivity index (χ1) is 16.2. The summed E-state index contributed by atoms with van der Waals surface area (Å²) in [6.07, 6.45) is 3.86. The number of benzene rings is 2. The molecule has 2 N–H and O–H groups in total. The van der Waals surface area contributed by atoms with Gasteiger partial charge < -0.3 is 25.1 Å². The van der Waals surface area contributed by atoms with Crippen molar-refractivity contribution in [3.8, 4) is 11.5 Å². The fraction of sp³-hybridized carbons (Fsp3) is 0.440. The Kier molecular flexibility index (Phi) is 7.67.